The van der Waals surface area contributed by atoms with Gasteiger partial charge in [-0.2, -0.15) is 0 Å². The number of rotatable bonds is 15. The molecular formula is C18H36O10Si. The van der Waals surface area contributed by atoms with Crippen molar-refractivity contribution in [1.29, 1.82) is 0 Å². The number of aliphatic hydroxyl groups excluding tert-OH is 1. The van der Waals surface area contributed by atoms with Gasteiger partial charge in [0.2, 0.25) is 6.29 Å². The Labute approximate surface area is 174 Å². The van der Waals surface area contributed by atoms with Crippen LogP contribution in [0.3, 0.4) is 0 Å². The van der Waals surface area contributed by atoms with Gasteiger partial charge in [0.1, 0.15) is 6.10 Å². The smallest absolute Gasteiger partial charge is 0.399 e. The zero-order valence-corrected chi connectivity index (χ0v) is 19.8. The molecular weight excluding hydrogens is 404 g/mol. The van der Waals surface area contributed by atoms with Gasteiger partial charge in [-0.05, 0) is 19.9 Å². The molecule has 29 heavy (non-hydrogen) atoms. The van der Waals surface area contributed by atoms with Crippen LogP contribution in [0.4, 0.5) is 0 Å². The molecule has 0 radical (unpaired) electrons. The maximum absolute atomic E-state index is 12.0. The summed E-state index contributed by atoms with van der Waals surface area (Å²) in [5.41, 5.74) is -3.60. The van der Waals surface area contributed by atoms with Crippen LogP contribution >= 0.6 is 0 Å². The molecule has 0 amide bonds. The Morgan fingerprint density at radius 1 is 0.966 bits per heavy atom. The number of aliphatic hydroxyl groups is 1. The number of hydrogen-bond acceptors (Lipinski definition) is 10. The van der Waals surface area contributed by atoms with Gasteiger partial charge in [-0.3, -0.25) is 0 Å². The molecule has 0 saturated carbocycles. The highest BCUT2D eigenvalue weighted by atomic mass is 28.4. The summed E-state index contributed by atoms with van der Waals surface area (Å²) >= 11 is 0. The highest BCUT2D eigenvalue weighted by Crippen LogP contribution is 2.43. The Bertz CT molecular complexity index is 466. The fourth-order valence-corrected chi connectivity index (χ4v) is 7.97. The summed E-state index contributed by atoms with van der Waals surface area (Å²) in [6.45, 7) is 4.97. The summed E-state index contributed by atoms with van der Waals surface area (Å²) in [5, 5.41) is 10.3. The summed E-state index contributed by atoms with van der Waals surface area (Å²) < 4.78 is 45.3. The minimum absolute atomic E-state index is 0.266. The number of carbonyl (C=O) groups is 1. The lowest BCUT2D eigenvalue weighted by Crippen LogP contribution is -2.79. The molecule has 0 aliphatic carbocycles. The summed E-state index contributed by atoms with van der Waals surface area (Å²) in [6, 6.07) is 0.266. The topological polar surface area (TPSA) is 111 Å². The highest BCUT2D eigenvalue weighted by molar-refractivity contribution is 6.78. The molecule has 0 aromatic carbocycles. The van der Waals surface area contributed by atoms with Crippen LogP contribution in [0, 0.1) is 0 Å². The first-order valence-corrected chi connectivity index (χ1v) is 11.3. The van der Waals surface area contributed by atoms with E-state index in [1.165, 1.54) is 61.7 Å². The molecule has 10 nitrogen and oxygen atoms in total. The van der Waals surface area contributed by atoms with E-state index in [1.54, 1.807) is 6.92 Å². The summed E-state index contributed by atoms with van der Waals surface area (Å²) in [7, 11) is 4.32. The zero-order chi connectivity index (χ0) is 22.7. The van der Waals surface area contributed by atoms with E-state index in [0.29, 0.717) is 6.42 Å². The van der Waals surface area contributed by atoms with Crippen molar-refractivity contribution in [1.82, 2.24) is 0 Å². The van der Waals surface area contributed by atoms with Gasteiger partial charge in [-0.1, -0.05) is 19.4 Å². The minimum atomic E-state index is -3.87. The van der Waals surface area contributed by atoms with Crippen LogP contribution in [0.25, 0.3) is 0 Å². The van der Waals surface area contributed by atoms with Crippen LogP contribution in [-0.4, -0.2) is 85.6 Å². The van der Waals surface area contributed by atoms with E-state index in [1.807, 2.05) is 6.92 Å². The number of esters is 1. The second kappa shape index (κ2) is 12.7. The van der Waals surface area contributed by atoms with Gasteiger partial charge in [0, 0.05) is 48.7 Å². The molecule has 1 N–H and O–H groups in total. The maximum Gasteiger partial charge on any atom is 0.399 e. The Balaban J connectivity index is 6.76. The lowest BCUT2D eigenvalue weighted by atomic mass is 10.4. The molecule has 0 heterocycles. The summed E-state index contributed by atoms with van der Waals surface area (Å²) in [6.07, 6.45) is 0.646. The Hall–Kier alpha value is -0.893. The molecule has 2 atom stereocenters. The third kappa shape index (κ3) is 5.63. The zero-order valence-electron chi connectivity index (χ0n) is 18.8. The van der Waals surface area contributed by atoms with Crippen molar-refractivity contribution in [3.05, 3.63) is 12.2 Å². The van der Waals surface area contributed by atoms with Crippen LogP contribution in [0.5, 0.6) is 0 Å². The lowest BCUT2D eigenvalue weighted by molar-refractivity contribution is -0.363. The van der Waals surface area contributed by atoms with Crippen molar-refractivity contribution < 1.29 is 47.5 Å². The second-order valence-electron chi connectivity index (χ2n) is 6.08. The van der Waals surface area contributed by atoms with Crippen molar-refractivity contribution in [2.45, 2.75) is 56.8 Å². The fourth-order valence-electron chi connectivity index (χ4n) is 3.25. The first-order valence-electron chi connectivity index (χ1n) is 9.19. The van der Waals surface area contributed by atoms with Crippen molar-refractivity contribution in [2.24, 2.45) is 0 Å². The molecule has 0 rings (SSSR count). The van der Waals surface area contributed by atoms with E-state index in [-0.39, 0.29) is 6.04 Å². The fraction of sp³-hybridized carbons (Fsp3) is 0.833. The third-order valence-corrected chi connectivity index (χ3v) is 9.49. The molecule has 172 valence electrons. The van der Waals surface area contributed by atoms with E-state index in [4.69, 9.17) is 37.6 Å². The van der Waals surface area contributed by atoms with Gasteiger partial charge in [0.25, 0.3) is 11.2 Å². The molecule has 2 unspecified atom stereocenters. The summed E-state index contributed by atoms with van der Waals surface area (Å²) in [4.78, 5) is 12.0. The minimum Gasteiger partial charge on any atom is -0.431 e. The van der Waals surface area contributed by atoms with Crippen molar-refractivity contribution in [3.63, 3.8) is 0 Å². The molecule has 0 aromatic rings. The number of ether oxygens (including phenoxy) is 7. The van der Waals surface area contributed by atoms with E-state index in [9.17, 15) is 9.90 Å². The molecule has 0 fully saturated rings. The van der Waals surface area contributed by atoms with Gasteiger partial charge in [-0.25, -0.2) is 4.79 Å². The van der Waals surface area contributed by atoms with E-state index in [2.05, 4.69) is 0 Å². The van der Waals surface area contributed by atoms with Crippen LogP contribution in [0.2, 0.25) is 6.04 Å². The van der Waals surface area contributed by atoms with Crippen LogP contribution < -0.4 is 0 Å². The number of hydrogen-bond donors (Lipinski definition) is 1. The normalized spacial score (nSPS) is 15.5. The molecule has 0 aliphatic heterocycles. The SMILES string of the molecule is CC=CC(=O)OC(O[Si](CCC)(C(OC)(OC)OC)C(OC)(OC)OC)C(C)O. The van der Waals surface area contributed by atoms with E-state index < -0.39 is 37.9 Å². The second-order valence-corrected chi connectivity index (χ2v) is 9.69. The Morgan fingerprint density at radius 3 is 1.66 bits per heavy atom. The standard InChI is InChI=1S/C18H36O10Si/c1-10-12-15(20)27-16(14(3)19)28-29(13-11-2,17(21-4,22-5)23-6)18(24-7,25-8)26-9/h10,12,14,16,19H,11,13H2,1-9H3. The van der Waals surface area contributed by atoms with E-state index in [0.717, 1.165) is 0 Å². The number of allylic oxidation sites excluding steroid dienone is 1. The summed E-state index contributed by atoms with van der Waals surface area (Å²) in [5.74, 6) is -0.700. The van der Waals surface area contributed by atoms with Gasteiger partial charge in [-0.15, -0.1) is 0 Å². The van der Waals surface area contributed by atoms with Crippen molar-refractivity contribution in [3.8, 4) is 0 Å². The molecule has 0 aliphatic rings. The molecule has 11 heteroatoms. The van der Waals surface area contributed by atoms with Gasteiger partial charge in [0.15, 0.2) is 0 Å². The van der Waals surface area contributed by atoms with Crippen LogP contribution in [0.1, 0.15) is 27.2 Å². The molecule has 0 spiro atoms. The predicted octanol–water partition coefficient (Wildman–Crippen LogP) is 1.45. The largest absolute Gasteiger partial charge is 0.431 e. The van der Waals surface area contributed by atoms with Crippen LogP contribution in [-0.2, 0) is 42.4 Å². The number of carbonyl (C=O) groups excluding carboxylic acids is 1. The average Bonchev–Trinajstić information content (AvgIpc) is 2.71. The quantitative estimate of drug-likeness (QED) is 0.174. The Kier molecular flexibility index (Phi) is 12.3. The monoisotopic (exact) mass is 440 g/mol. The van der Waals surface area contributed by atoms with Gasteiger partial charge < -0.3 is 42.7 Å². The van der Waals surface area contributed by atoms with E-state index >= 15 is 0 Å². The van der Waals surface area contributed by atoms with Gasteiger partial charge in [0.05, 0.1) is 0 Å². The predicted molar refractivity (Wildman–Crippen MR) is 106 cm³/mol. The highest BCUT2D eigenvalue weighted by Gasteiger charge is 2.75. The van der Waals surface area contributed by atoms with Crippen LogP contribution in [0.15, 0.2) is 12.2 Å². The lowest BCUT2D eigenvalue weighted by Gasteiger charge is -2.52. The molecule has 0 bridgehead atoms. The van der Waals surface area contributed by atoms with Crippen molar-refractivity contribution in [2.75, 3.05) is 42.7 Å². The molecule has 0 aromatic heterocycles. The van der Waals surface area contributed by atoms with Crippen molar-refractivity contribution >= 4 is 14.3 Å². The average molecular weight is 441 g/mol. The molecule has 0 saturated heterocycles. The first kappa shape index (κ1) is 28.1. The van der Waals surface area contributed by atoms with Gasteiger partial charge >= 0.3 is 14.3 Å². The maximum atomic E-state index is 12.0. The Morgan fingerprint density at radius 2 is 1.38 bits per heavy atom. The first-order chi connectivity index (χ1) is 13.7. The number of methoxy groups -OCH3 is 6. The third-order valence-electron chi connectivity index (χ3n) is 4.45.